The van der Waals surface area contributed by atoms with Crippen LogP contribution in [0.1, 0.15) is 16.1 Å². The number of nitrogens with two attached hydrogens (primary N) is 1. The largest absolute Gasteiger partial charge is 0.478 e. The summed E-state index contributed by atoms with van der Waals surface area (Å²) >= 11 is 0. The van der Waals surface area contributed by atoms with Crippen LogP contribution in [-0.2, 0) is 16.2 Å². The lowest BCUT2D eigenvalue weighted by atomic mass is 9.93. The molecular weight excluding hydrogens is 399 g/mol. The standard InChI is InChI=1S/C17H12F3N3O4S/c18-17(19,20)14-8-13(22-23-14)15-11(2-1-3-12(15)16(24)25)9-4-6-10(7-5-9)28(21,26)27/h1-8H,(H,22,23)(H,24,25)(H2,21,26,27). The summed E-state index contributed by atoms with van der Waals surface area (Å²) in [6.45, 7) is 0. The third-order valence-corrected chi connectivity index (χ3v) is 4.86. The predicted octanol–water partition coefficient (Wildman–Crippen LogP) is 3.11. The minimum Gasteiger partial charge on any atom is -0.478 e. The van der Waals surface area contributed by atoms with Gasteiger partial charge in [-0.15, -0.1) is 0 Å². The molecule has 11 heteroatoms. The molecule has 0 unspecified atom stereocenters. The van der Waals surface area contributed by atoms with Crippen LogP contribution in [0.3, 0.4) is 0 Å². The van der Waals surface area contributed by atoms with Crippen LogP contribution in [0.4, 0.5) is 13.2 Å². The number of hydrogen-bond acceptors (Lipinski definition) is 4. The number of halogens is 3. The number of nitrogens with zero attached hydrogens (tertiary/aromatic N) is 1. The van der Waals surface area contributed by atoms with E-state index in [0.29, 0.717) is 11.6 Å². The summed E-state index contributed by atoms with van der Waals surface area (Å²) in [4.78, 5) is 11.5. The molecule has 1 aromatic heterocycles. The number of carboxylic acids is 1. The van der Waals surface area contributed by atoms with Crippen molar-refractivity contribution in [2.45, 2.75) is 11.1 Å². The van der Waals surface area contributed by atoms with E-state index in [4.69, 9.17) is 5.14 Å². The molecule has 146 valence electrons. The fourth-order valence-electron chi connectivity index (χ4n) is 2.67. The maximum absolute atomic E-state index is 12.9. The molecule has 4 N–H and O–H groups in total. The van der Waals surface area contributed by atoms with E-state index in [0.717, 1.165) is 0 Å². The van der Waals surface area contributed by atoms with E-state index in [1.54, 1.807) is 0 Å². The zero-order valence-electron chi connectivity index (χ0n) is 13.9. The molecule has 3 aromatic rings. The number of H-pyrrole nitrogens is 1. The Hall–Kier alpha value is -3.18. The molecular formula is C17H12F3N3O4S. The molecule has 0 aliphatic rings. The van der Waals surface area contributed by atoms with Gasteiger partial charge in [0.05, 0.1) is 16.2 Å². The van der Waals surface area contributed by atoms with Crippen molar-refractivity contribution in [1.29, 1.82) is 0 Å². The number of primary sulfonamides is 1. The van der Waals surface area contributed by atoms with Crippen LogP contribution in [0.2, 0.25) is 0 Å². The molecule has 3 rings (SSSR count). The van der Waals surface area contributed by atoms with Crippen LogP contribution in [0, 0.1) is 0 Å². The molecule has 2 aromatic carbocycles. The normalized spacial score (nSPS) is 12.1. The molecule has 1 heterocycles. The van der Waals surface area contributed by atoms with Gasteiger partial charge in [0.2, 0.25) is 10.0 Å². The Morgan fingerprint density at radius 1 is 1.11 bits per heavy atom. The first-order chi connectivity index (χ1) is 13.0. The van der Waals surface area contributed by atoms with E-state index in [1.807, 2.05) is 5.10 Å². The van der Waals surface area contributed by atoms with E-state index in [2.05, 4.69) is 5.10 Å². The van der Waals surface area contributed by atoms with Gasteiger partial charge < -0.3 is 5.11 Å². The van der Waals surface area contributed by atoms with Crippen molar-refractivity contribution in [3.8, 4) is 22.4 Å². The van der Waals surface area contributed by atoms with Crippen LogP contribution in [-0.4, -0.2) is 29.7 Å². The van der Waals surface area contributed by atoms with E-state index in [9.17, 15) is 31.5 Å². The Labute approximate surface area is 156 Å². The molecule has 0 saturated carbocycles. The second-order valence-corrected chi connectivity index (χ2v) is 7.33. The average molecular weight is 411 g/mol. The van der Waals surface area contributed by atoms with Crippen molar-refractivity contribution in [3.05, 3.63) is 59.8 Å². The lowest BCUT2D eigenvalue weighted by Crippen LogP contribution is -2.11. The zero-order chi connectivity index (χ0) is 20.7. The number of carboxylic acid groups (broad SMARTS) is 1. The summed E-state index contributed by atoms with van der Waals surface area (Å²) in [5, 5.41) is 20.0. The topological polar surface area (TPSA) is 126 Å². The molecule has 28 heavy (non-hydrogen) atoms. The van der Waals surface area contributed by atoms with Gasteiger partial charge in [-0.3, -0.25) is 5.10 Å². The number of aromatic amines is 1. The maximum atomic E-state index is 12.9. The van der Waals surface area contributed by atoms with Crippen molar-refractivity contribution in [2.24, 2.45) is 5.14 Å². The van der Waals surface area contributed by atoms with E-state index < -0.39 is 27.9 Å². The van der Waals surface area contributed by atoms with Crippen LogP contribution in [0.15, 0.2) is 53.4 Å². The average Bonchev–Trinajstić information content (AvgIpc) is 3.10. The Kier molecular flexibility index (Phi) is 4.73. The first kappa shape index (κ1) is 19.6. The third kappa shape index (κ3) is 3.75. The first-order valence-corrected chi connectivity index (χ1v) is 9.15. The minimum atomic E-state index is -4.68. The Bertz CT molecular complexity index is 1150. The molecule has 0 atom stereocenters. The number of aromatic carboxylic acids is 1. The van der Waals surface area contributed by atoms with Gasteiger partial charge in [0.25, 0.3) is 0 Å². The van der Waals surface area contributed by atoms with Crippen LogP contribution >= 0.6 is 0 Å². The monoisotopic (exact) mass is 411 g/mol. The highest BCUT2D eigenvalue weighted by atomic mass is 32.2. The van der Waals surface area contributed by atoms with Gasteiger partial charge >= 0.3 is 12.1 Å². The highest BCUT2D eigenvalue weighted by Crippen LogP contribution is 2.37. The number of aromatic nitrogens is 2. The fourth-order valence-corrected chi connectivity index (χ4v) is 3.18. The van der Waals surface area contributed by atoms with Crippen molar-refractivity contribution < 1.29 is 31.5 Å². The highest BCUT2D eigenvalue weighted by Gasteiger charge is 2.34. The first-order valence-electron chi connectivity index (χ1n) is 7.61. The highest BCUT2D eigenvalue weighted by molar-refractivity contribution is 7.89. The number of carbonyl (C=O) groups is 1. The number of rotatable bonds is 4. The summed E-state index contributed by atoms with van der Waals surface area (Å²) in [5.74, 6) is -1.35. The van der Waals surface area contributed by atoms with Crippen LogP contribution in [0.25, 0.3) is 22.4 Å². The Morgan fingerprint density at radius 2 is 1.75 bits per heavy atom. The van der Waals surface area contributed by atoms with E-state index in [-0.39, 0.29) is 27.3 Å². The van der Waals surface area contributed by atoms with Gasteiger partial charge in [-0.05, 0) is 35.4 Å². The number of sulfonamides is 1. The Balaban J connectivity index is 2.22. The summed E-state index contributed by atoms with van der Waals surface area (Å²) in [6.07, 6.45) is -4.68. The molecule has 0 aliphatic heterocycles. The molecule has 0 bridgehead atoms. The quantitative estimate of drug-likeness (QED) is 0.608. The fraction of sp³-hybridized carbons (Fsp3) is 0.0588. The van der Waals surface area contributed by atoms with Gasteiger partial charge in [-0.2, -0.15) is 18.3 Å². The molecule has 0 spiro atoms. The molecule has 0 amide bonds. The lowest BCUT2D eigenvalue weighted by Gasteiger charge is -2.11. The predicted molar refractivity (Wildman–Crippen MR) is 92.8 cm³/mol. The molecule has 0 radical (unpaired) electrons. The zero-order valence-corrected chi connectivity index (χ0v) is 14.7. The van der Waals surface area contributed by atoms with Gasteiger partial charge in [0, 0.05) is 5.56 Å². The van der Waals surface area contributed by atoms with Gasteiger partial charge in [0.15, 0.2) is 0 Å². The SMILES string of the molecule is NS(=O)(=O)c1ccc(-c2cccc(C(=O)O)c2-c2cc(C(F)(F)F)[nH]n2)cc1. The molecule has 7 nitrogen and oxygen atoms in total. The van der Waals surface area contributed by atoms with Gasteiger partial charge in [0.1, 0.15) is 5.69 Å². The number of hydrogen-bond donors (Lipinski definition) is 3. The van der Waals surface area contributed by atoms with Crippen molar-refractivity contribution in [1.82, 2.24) is 10.2 Å². The summed E-state index contributed by atoms with van der Waals surface area (Å²) in [5.41, 5.74) is -0.990. The molecule has 0 saturated heterocycles. The second-order valence-electron chi connectivity index (χ2n) is 5.77. The molecule has 0 aliphatic carbocycles. The maximum Gasteiger partial charge on any atom is 0.432 e. The summed E-state index contributed by atoms with van der Waals surface area (Å²) < 4.78 is 61.5. The van der Waals surface area contributed by atoms with Crippen molar-refractivity contribution >= 4 is 16.0 Å². The van der Waals surface area contributed by atoms with Crippen LogP contribution < -0.4 is 5.14 Å². The summed E-state index contributed by atoms with van der Waals surface area (Å²) in [7, 11) is -3.94. The smallest absolute Gasteiger partial charge is 0.432 e. The van der Waals surface area contributed by atoms with E-state index in [1.165, 1.54) is 42.5 Å². The lowest BCUT2D eigenvalue weighted by molar-refractivity contribution is -0.141. The van der Waals surface area contributed by atoms with Crippen LogP contribution in [0.5, 0.6) is 0 Å². The van der Waals surface area contributed by atoms with Crippen molar-refractivity contribution in [3.63, 3.8) is 0 Å². The number of benzene rings is 2. The number of nitrogens with one attached hydrogen (secondary N) is 1. The molecule has 0 fully saturated rings. The number of alkyl halides is 3. The van der Waals surface area contributed by atoms with Gasteiger partial charge in [-0.1, -0.05) is 24.3 Å². The third-order valence-electron chi connectivity index (χ3n) is 3.93. The summed E-state index contributed by atoms with van der Waals surface area (Å²) in [6, 6.07) is 10.1. The van der Waals surface area contributed by atoms with Crippen molar-refractivity contribution in [2.75, 3.05) is 0 Å². The Morgan fingerprint density at radius 3 is 2.25 bits per heavy atom. The van der Waals surface area contributed by atoms with E-state index >= 15 is 0 Å². The van der Waals surface area contributed by atoms with Gasteiger partial charge in [-0.25, -0.2) is 18.4 Å². The second kappa shape index (κ2) is 6.77. The minimum absolute atomic E-state index is 0.0369.